The average Bonchev–Trinajstić information content (AvgIpc) is 3.20. The summed E-state index contributed by atoms with van der Waals surface area (Å²) < 4.78 is 15.8. The molecular weight excluding hydrogens is 272 g/mol. The molecule has 0 aromatic heterocycles. The van der Waals surface area contributed by atoms with Crippen LogP contribution in [0.5, 0.6) is 0 Å². The lowest BCUT2D eigenvalue weighted by atomic mass is 9.91. The number of epoxide rings is 1. The summed E-state index contributed by atoms with van der Waals surface area (Å²) in [5, 5.41) is 0. The lowest BCUT2D eigenvalue weighted by molar-refractivity contribution is -0.155. The molecule has 0 unspecified atom stereocenters. The SMILES string of the molecule is CCC(C)(C)C(=O)OC[C@@H]1O[C@@H]1COC(=O)C(C)(C)CC. The predicted octanol–water partition coefficient (Wildman–Crippen LogP) is 2.71. The van der Waals surface area contributed by atoms with Crippen LogP contribution in [-0.2, 0) is 23.8 Å². The van der Waals surface area contributed by atoms with E-state index in [1.807, 2.05) is 41.5 Å². The van der Waals surface area contributed by atoms with Crippen molar-refractivity contribution in [3.63, 3.8) is 0 Å². The van der Waals surface area contributed by atoms with Crippen molar-refractivity contribution in [3.05, 3.63) is 0 Å². The van der Waals surface area contributed by atoms with Crippen molar-refractivity contribution in [2.75, 3.05) is 13.2 Å². The van der Waals surface area contributed by atoms with E-state index in [0.717, 1.165) is 12.8 Å². The van der Waals surface area contributed by atoms with Gasteiger partial charge in [-0.2, -0.15) is 0 Å². The maximum atomic E-state index is 11.8. The maximum absolute atomic E-state index is 11.8. The highest BCUT2D eigenvalue weighted by molar-refractivity contribution is 5.76. The molecule has 0 aromatic rings. The topological polar surface area (TPSA) is 65.1 Å². The van der Waals surface area contributed by atoms with Crippen molar-refractivity contribution in [1.82, 2.24) is 0 Å². The van der Waals surface area contributed by atoms with E-state index in [1.165, 1.54) is 0 Å². The second-order valence-electron chi connectivity index (χ2n) is 6.88. The van der Waals surface area contributed by atoms with E-state index in [9.17, 15) is 9.59 Å². The Hall–Kier alpha value is -1.10. The first-order valence-corrected chi connectivity index (χ1v) is 7.64. The van der Waals surface area contributed by atoms with E-state index in [-0.39, 0.29) is 37.4 Å². The Labute approximate surface area is 127 Å². The third kappa shape index (κ3) is 4.99. The molecule has 1 heterocycles. The Morgan fingerprint density at radius 2 is 1.19 bits per heavy atom. The van der Waals surface area contributed by atoms with Gasteiger partial charge in [-0.05, 0) is 40.5 Å². The highest BCUT2D eigenvalue weighted by Crippen LogP contribution is 2.27. The molecule has 2 atom stereocenters. The number of esters is 2. The van der Waals surface area contributed by atoms with Crippen molar-refractivity contribution in [1.29, 1.82) is 0 Å². The molecule has 0 aromatic carbocycles. The highest BCUT2D eigenvalue weighted by atomic mass is 16.6. The van der Waals surface area contributed by atoms with Gasteiger partial charge in [-0.15, -0.1) is 0 Å². The molecule has 1 fully saturated rings. The molecule has 1 rings (SSSR count). The van der Waals surface area contributed by atoms with Gasteiger partial charge in [0, 0.05) is 0 Å². The van der Waals surface area contributed by atoms with Gasteiger partial charge < -0.3 is 14.2 Å². The lowest BCUT2D eigenvalue weighted by Gasteiger charge is -2.20. The van der Waals surface area contributed by atoms with Crippen LogP contribution in [0, 0.1) is 10.8 Å². The van der Waals surface area contributed by atoms with Gasteiger partial charge in [0.25, 0.3) is 0 Å². The van der Waals surface area contributed by atoms with E-state index in [2.05, 4.69) is 0 Å². The fraction of sp³-hybridized carbons (Fsp3) is 0.875. The highest BCUT2D eigenvalue weighted by Gasteiger charge is 2.42. The van der Waals surface area contributed by atoms with Gasteiger partial charge in [0.05, 0.1) is 10.8 Å². The molecule has 0 saturated carbocycles. The molecule has 0 radical (unpaired) electrons. The van der Waals surface area contributed by atoms with Crippen molar-refractivity contribution < 1.29 is 23.8 Å². The van der Waals surface area contributed by atoms with E-state index in [1.54, 1.807) is 0 Å². The standard InChI is InChI=1S/C16H28O5/c1-7-15(3,4)13(17)19-9-11-12(21-11)10-20-14(18)16(5,6)8-2/h11-12H,7-10H2,1-6H3/t11-,12+. The predicted molar refractivity (Wildman–Crippen MR) is 78.7 cm³/mol. The fourth-order valence-corrected chi connectivity index (χ4v) is 1.47. The summed E-state index contributed by atoms with van der Waals surface area (Å²) in [6.07, 6.45) is 1.15. The quantitative estimate of drug-likeness (QED) is 0.509. The summed E-state index contributed by atoms with van der Waals surface area (Å²) in [6.45, 7) is 11.8. The number of carbonyl (C=O) groups excluding carboxylic acids is 2. The zero-order chi connectivity index (χ0) is 16.3. The smallest absolute Gasteiger partial charge is 0.311 e. The number of hydrogen-bond acceptors (Lipinski definition) is 5. The Bertz CT molecular complexity index is 350. The largest absolute Gasteiger partial charge is 0.462 e. The monoisotopic (exact) mass is 300 g/mol. The minimum Gasteiger partial charge on any atom is -0.462 e. The average molecular weight is 300 g/mol. The molecule has 122 valence electrons. The van der Waals surface area contributed by atoms with Crippen LogP contribution in [0.3, 0.4) is 0 Å². The third-order valence-corrected chi connectivity index (χ3v) is 4.32. The zero-order valence-electron chi connectivity index (χ0n) is 14.0. The summed E-state index contributed by atoms with van der Waals surface area (Å²) in [5.74, 6) is -0.438. The molecule has 1 aliphatic heterocycles. The van der Waals surface area contributed by atoms with Crippen LogP contribution in [0.2, 0.25) is 0 Å². The van der Waals surface area contributed by atoms with Crippen LogP contribution >= 0.6 is 0 Å². The molecular formula is C16H28O5. The number of carbonyl (C=O) groups is 2. The van der Waals surface area contributed by atoms with Gasteiger partial charge in [-0.1, -0.05) is 13.8 Å². The molecule has 0 bridgehead atoms. The van der Waals surface area contributed by atoms with Crippen LogP contribution in [-0.4, -0.2) is 37.4 Å². The van der Waals surface area contributed by atoms with Gasteiger partial charge in [0.15, 0.2) is 0 Å². The first kappa shape index (κ1) is 18.0. The van der Waals surface area contributed by atoms with Crippen LogP contribution in [0.1, 0.15) is 54.4 Å². The number of ether oxygens (including phenoxy) is 3. The van der Waals surface area contributed by atoms with Crippen LogP contribution in [0.4, 0.5) is 0 Å². The van der Waals surface area contributed by atoms with Crippen molar-refractivity contribution in [2.45, 2.75) is 66.6 Å². The maximum Gasteiger partial charge on any atom is 0.311 e. The molecule has 21 heavy (non-hydrogen) atoms. The van der Waals surface area contributed by atoms with Crippen LogP contribution in [0.15, 0.2) is 0 Å². The molecule has 5 heteroatoms. The fourth-order valence-electron chi connectivity index (χ4n) is 1.47. The Morgan fingerprint density at radius 3 is 1.48 bits per heavy atom. The molecule has 1 aliphatic rings. The second kappa shape index (κ2) is 6.77. The Balaban J connectivity index is 2.24. The first-order valence-electron chi connectivity index (χ1n) is 7.64. The summed E-state index contributed by atoms with van der Waals surface area (Å²) in [6, 6.07) is 0. The Kier molecular flexibility index (Phi) is 5.79. The van der Waals surface area contributed by atoms with Crippen LogP contribution < -0.4 is 0 Å². The van der Waals surface area contributed by atoms with E-state index >= 15 is 0 Å². The number of rotatable bonds is 8. The van der Waals surface area contributed by atoms with Crippen molar-refractivity contribution in [3.8, 4) is 0 Å². The second-order valence-corrected chi connectivity index (χ2v) is 6.88. The van der Waals surface area contributed by atoms with Gasteiger partial charge in [-0.3, -0.25) is 9.59 Å². The van der Waals surface area contributed by atoms with Gasteiger partial charge in [-0.25, -0.2) is 0 Å². The summed E-state index contributed by atoms with van der Waals surface area (Å²) in [5.41, 5.74) is -0.940. The summed E-state index contributed by atoms with van der Waals surface area (Å²) in [7, 11) is 0. The minimum absolute atomic E-state index is 0.154. The van der Waals surface area contributed by atoms with E-state index in [4.69, 9.17) is 14.2 Å². The molecule has 0 N–H and O–H groups in total. The normalized spacial score (nSPS) is 21.8. The minimum atomic E-state index is -0.470. The molecule has 1 saturated heterocycles. The summed E-state index contributed by atoms with van der Waals surface area (Å²) >= 11 is 0. The first-order chi connectivity index (χ1) is 9.64. The third-order valence-electron chi connectivity index (χ3n) is 4.32. The van der Waals surface area contributed by atoms with E-state index in [0.29, 0.717) is 0 Å². The van der Waals surface area contributed by atoms with Gasteiger partial charge >= 0.3 is 11.9 Å². The molecule has 0 aliphatic carbocycles. The number of hydrogen-bond donors (Lipinski definition) is 0. The zero-order valence-corrected chi connectivity index (χ0v) is 14.0. The van der Waals surface area contributed by atoms with Gasteiger partial charge in [0.1, 0.15) is 25.4 Å². The van der Waals surface area contributed by atoms with E-state index < -0.39 is 10.8 Å². The lowest BCUT2D eigenvalue weighted by Crippen LogP contribution is -2.28. The van der Waals surface area contributed by atoms with Gasteiger partial charge in [0.2, 0.25) is 0 Å². The van der Waals surface area contributed by atoms with Crippen molar-refractivity contribution in [2.24, 2.45) is 10.8 Å². The van der Waals surface area contributed by atoms with Crippen LogP contribution in [0.25, 0.3) is 0 Å². The Morgan fingerprint density at radius 1 is 0.857 bits per heavy atom. The molecule has 0 spiro atoms. The van der Waals surface area contributed by atoms with Crippen molar-refractivity contribution >= 4 is 11.9 Å². The molecule has 0 amide bonds. The summed E-state index contributed by atoms with van der Waals surface area (Å²) in [4.78, 5) is 23.6. The molecule has 5 nitrogen and oxygen atoms in total.